The zero-order valence-corrected chi connectivity index (χ0v) is 10.7. The summed E-state index contributed by atoms with van der Waals surface area (Å²) in [7, 11) is -3.20. The van der Waals surface area contributed by atoms with E-state index in [-0.39, 0.29) is 17.9 Å². The molecule has 1 N–H and O–H groups in total. The van der Waals surface area contributed by atoms with Gasteiger partial charge in [-0.25, -0.2) is 8.42 Å². The first-order valence-corrected chi connectivity index (χ1v) is 7.58. The number of carboxylic acids is 1. The first-order valence-electron chi connectivity index (χ1n) is 5.76. The zero-order valence-electron chi connectivity index (χ0n) is 9.87. The molecule has 0 bridgehead atoms. The van der Waals surface area contributed by atoms with Crippen LogP contribution in [-0.4, -0.2) is 36.0 Å². The molecule has 0 saturated carbocycles. The second-order valence-electron chi connectivity index (χ2n) is 4.78. The lowest BCUT2D eigenvalue weighted by Gasteiger charge is -2.22. The van der Waals surface area contributed by atoms with Crippen LogP contribution >= 0.6 is 0 Å². The average Bonchev–Trinajstić information content (AvgIpc) is 2.65. The number of nitrogens with zero attached hydrogens (tertiary/aromatic N) is 1. The van der Waals surface area contributed by atoms with Gasteiger partial charge in [-0.1, -0.05) is 0 Å². The SMILES string of the molecule is O=C(O)C1(CCc2ccncc2)CCS(=O)(=O)C1. The highest BCUT2D eigenvalue weighted by molar-refractivity contribution is 7.91. The first kappa shape index (κ1) is 13.0. The Kier molecular flexibility index (Phi) is 3.38. The topological polar surface area (TPSA) is 84.3 Å². The number of aromatic nitrogens is 1. The van der Waals surface area contributed by atoms with Crippen molar-refractivity contribution in [2.24, 2.45) is 5.41 Å². The fraction of sp³-hybridized carbons (Fsp3) is 0.500. The first-order chi connectivity index (χ1) is 8.44. The van der Waals surface area contributed by atoms with Crippen LogP contribution in [0, 0.1) is 5.41 Å². The molecule has 2 heterocycles. The van der Waals surface area contributed by atoms with Gasteiger partial charge in [-0.2, -0.15) is 0 Å². The molecule has 0 aromatic carbocycles. The van der Waals surface area contributed by atoms with Crippen molar-refractivity contribution in [1.29, 1.82) is 0 Å². The molecule has 1 fully saturated rings. The fourth-order valence-corrected chi connectivity index (χ4v) is 4.42. The van der Waals surface area contributed by atoms with Crippen LogP contribution in [0.5, 0.6) is 0 Å². The molecule has 5 nitrogen and oxygen atoms in total. The van der Waals surface area contributed by atoms with Crippen molar-refractivity contribution in [2.75, 3.05) is 11.5 Å². The molecule has 0 spiro atoms. The zero-order chi connectivity index (χ0) is 13.2. The summed E-state index contributed by atoms with van der Waals surface area (Å²) in [5.41, 5.74) is -0.128. The van der Waals surface area contributed by atoms with Crippen LogP contribution in [-0.2, 0) is 21.1 Å². The van der Waals surface area contributed by atoms with Crippen molar-refractivity contribution >= 4 is 15.8 Å². The van der Waals surface area contributed by atoms with Gasteiger partial charge in [-0.15, -0.1) is 0 Å². The minimum absolute atomic E-state index is 0.0182. The summed E-state index contributed by atoms with van der Waals surface area (Å²) in [6.07, 6.45) is 4.42. The summed E-state index contributed by atoms with van der Waals surface area (Å²) >= 11 is 0. The third-order valence-electron chi connectivity index (χ3n) is 3.48. The molecule has 1 unspecified atom stereocenters. The highest BCUT2D eigenvalue weighted by Gasteiger charge is 2.47. The van der Waals surface area contributed by atoms with E-state index >= 15 is 0 Å². The summed E-state index contributed by atoms with van der Waals surface area (Å²) in [5, 5.41) is 9.30. The van der Waals surface area contributed by atoms with Gasteiger partial charge in [0, 0.05) is 12.4 Å². The number of aliphatic carboxylic acids is 1. The number of hydrogen-bond donors (Lipinski definition) is 1. The third kappa shape index (κ3) is 2.69. The van der Waals surface area contributed by atoms with Crippen molar-refractivity contribution < 1.29 is 18.3 Å². The summed E-state index contributed by atoms with van der Waals surface area (Å²) in [6, 6.07) is 3.64. The molecule has 0 aliphatic carbocycles. The van der Waals surface area contributed by atoms with Crippen molar-refractivity contribution in [3.63, 3.8) is 0 Å². The van der Waals surface area contributed by atoms with Gasteiger partial charge < -0.3 is 5.11 Å². The maximum Gasteiger partial charge on any atom is 0.310 e. The summed E-state index contributed by atoms with van der Waals surface area (Å²) in [6.45, 7) is 0. The summed E-state index contributed by atoms with van der Waals surface area (Å²) in [5.74, 6) is -1.26. The number of carboxylic acid groups (broad SMARTS) is 1. The van der Waals surface area contributed by atoms with E-state index in [0.29, 0.717) is 12.8 Å². The predicted molar refractivity (Wildman–Crippen MR) is 65.9 cm³/mol. The van der Waals surface area contributed by atoms with Gasteiger partial charge in [-0.05, 0) is 37.0 Å². The Morgan fingerprint density at radius 3 is 2.56 bits per heavy atom. The fourth-order valence-electron chi connectivity index (χ4n) is 2.32. The molecule has 6 heteroatoms. The Labute approximate surface area is 106 Å². The van der Waals surface area contributed by atoms with Gasteiger partial charge in [0.25, 0.3) is 0 Å². The molecular weight excluding hydrogens is 254 g/mol. The quantitative estimate of drug-likeness (QED) is 0.878. The highest BCUT2D eigenvalue weighted by Crippen LogP contribution is 2.37. The standard InChI is InChI=1S/C12H15NO4S/c14-11(15)12(5-8-18(16,17)9-12)4-1-10-2-6-13-7-3-10/h2-3,6-7H,1,4-5,8-9H2,(H,14,15). The van der Waals surface area contributed by atoms with Gasteiger partial charge in [0.1, 0.15) is 0 Å². The minimum Gasteiger partial charge on any atom is -0.481 e. The van der Waals surface area contributed by atoms with Crippen LogP contribution in [0.25, 0.3) is 0 Å². The van der Waals surface area contributed by atoms with E-state index in [0.717, 1.165) is 5.56 Å². The number of aryl methyl sites for hydroxylation is 1. The van der Waals surface area contributed by atoms with E-state index in [1.54, 1.807) is 12.4 Å². The second kappa shape index (κ2) is 4.68. The van der Waals surface area contributed by atoms with Crippen LogP contribution in [0.2, 0.25) is 0 Å². The largest absolute Gasteiger partial charge is 0.481 e. The maximum atomic E-state index is 11.5. The number of sulfone groups is 1. The summed E-state index contributed by atoms with van der Waals surface area (Å²) < 4.78 is 23.0. The van der Waals surface area contributed by atoms with Crippen molar-refractivity contribution in [3.8, 4) is 0 Å². The van der Waals surface area contributed by atoms with E-state index in [4.69, 9.17) is 0 Å². The van der Waals surface area contributed by atoms with Crippen LogP contribution in [0.4, 0.5) is 0 Å². The molecule has 0 radical (unpaired) electrons. The lowest BCUT2D eigenvalue weighted by molar-refractivity contribution is -0.147. The molecule has 1 atom stereocenters. The molecular formula is C12H15NO4S. The third-order valence-corrected chi connectivity index (χ3v) is 5.30. The molecule has 1 aliphatic rings. The highest BCUT2D eigenvalue weighted by atomic mass is 32.2. The normalized spacial score (nSPS) is 26.0. The Morgan fingerprint density at radius 2 is 2.06 bits per heavy atom. The number of hydrogen-bond acceptors (Lipinski definition) is 4. The van der Waals surface area contributed by atoms with Crippen LogP contribution in [0.1, 0.15) is 18.4 Å². The van der Waals surface area contributed by atoms with Gasteiger partial charge >= 0.3 is 5.97 Å². The lowest BCUT2D eigenvalue weighted by Crippen LogP contribution is -2.32. The Morgan fingerprint density at radius 1 is 1.39 bits per heavy atom. The maximum absolute atomic E-state index is 11.5. The molecule has 1 saturated heterocycles. The molecule has 1 aromatic rings. The van der Waals surface area contributed by atoms with E-state index in [2.05, 4.69) is 4.98 Å². The molecule has 18 heavy (non-hydrogen) atoms. The number of rotatable bonds is 4. The van der Waals surface area contributed by atoms with Crippen LogP contribution in [0.15, 0.2) is 24.5 Å². The van der Waals surface area contributed by atoms with Crippen molar-refractivity contribution in [3.05, 3.63) is 30.1 Å². The second-order valence-corrected chi connectivity index (χ2v) is 6.97. The van der Waals surface area contributed by atoms with Gasteiger partial charge in [0.15, 0.2) is 9.84 Å². The Hall–Kier alpha value is -1.43. The average molecular weight is 269 g/mol. The Bertz CT molecular complexity index is 540. The smallest absolute Gasteiger partial charge is 0.310 e. The molecule has 1 aliphatic heterocycles. The van der Waals surface area contributed by atoms with Gasteiger partial charge in [0.05, 0.1) is 16.9 Å². The molecule has 2 rings (SSSR count). The van der Waals surface area contributed by atoms with E-state index < -0.39 is 21.2 Å². The van der Waals surface area contributed by atoms with Crippen molar-refractivity contribution in [2.45, 2.75) is 19.3 Å². The minimum atomic E-state index is -3.20. The van der Waals surface area contributed by atoms with Crippen LogP contribution in [0.3, 0.4) is 0 Å². The van der Waals surface area contributed by atoms with E-state index in [1.807, 2.05) is 12.1 Å². The molecule has 0 amide bonds. The van der Waals surface area contributed by atoms with E-state index in [1.165, 1.54) is 0 Å². The van der Waals surface area contributed by atoms with Crippen molar-refractivity contribution in [1.82, 2.24) is 4.98 Å². The molecule has 98 valence electrons. The molecule has 1 aromatic heterocycles. The van der Waals surface area contributed by atoms with Gasteiger partial charge in [0.2, 0.25) is 0 Å². The lowest BCUT2D eigenvalue weighted by atomic mass is 9.82. The number of pyridine rings is 1. The Balaban J connectivity index is 2.12. The van der Waals surface area contributed by atoms with Gasteiger partial charge in [-0.3, -0.25) is 9.78 Å². The monoisotopic (exact) mass is 269 g/mol. The van der Waals surface area contributed by atoms with Crippen LogP contribution < -0.4 is 0 Å². The van der Waals surface area contributed by atoms with E-state index in [9.17, 15) is 18.3 Å². The predicted octanol–water partition coefficient (Wildman–Crippen LogP) is 0.904. The number of carbonyl (C=O) groups is 1. The summed E-state index contributed by atoms with van der Waals surface area (Å²) in [4.78, 5) is 15.2.